The number of fused-ring (bicyclic) bond motifs is 1. The Hall–Kier alpha value is -1.60. The zero-order valence-electron chi connectivity index (χ0n) is 14.1. The lowest BCUT2D eigenvalue weighted by molar-refractivity contribution is -0.134. The van der Waals surface area contributed by atoms with Gasteiger partial charge in [0.1, 0.15) is 11.6 Å². The standard InChI is InChI=1S/C18H20N2O3S2/c1-12-3-2-4-13-9-15(23-16(12)13)18(22)20-11-25-10-14(20)17(21)19-5-7-24-8-6-19/h2-4,9,14H,5-8,10-11H2,1H3. The van der Waals surface area contributed by atoms with E-state index in [0.29, 0.717) is 17.4 Å². The number of carbonyl (C=O) groups excluding carboxylic acids is 2. The van der Waals surface area contributed by atoms with Crippen molar-refractivity contribution >= 4 is 46.3 Å². The fourth-order valence-corrected chi connectivity index (χ4v) is 5.35. The molecular weight excluding hydrogens is 356 g/mol. The molecule has 0 aliphatic carbocycles. The van der Waals surface area contributed by atoms with Crippen LogP contribution in [0.25, 0.3) is 11.0 Å². The van der Waals surface area contributed by atoms with E-state index in [1.54, 1.807) is 22.7 Å². The van der Waals surface area contributed by atoms with Gasteiger partial charge >= 0.3 is 0 Å². The first-order chi connectivity index (χ1) is 12.1. The molecule has 132 valence electrons. The molecule has 4 rings (SSSR count). The predicted molar refractivity (Wildman–Crippen MR) is 102 cm³/mol. The number of aryl methyl sites for hydroxylation is 1. The number of carbonyl (C=O) groups is 2. The molecule has 2 aromatic rings. The van der Waals surface area contributed by atoms with Crippen molar-refractivity contribution in [1.82, 2.24) is 9.80 Å². The smallest absolute Gasteiger partial charge is 0.291 e. The quantitative estimate of drug-likeness (QED) is 0.807. The Labute approximate surface area is 155 Å². The van der Waals surface area contributed by atoms with Crippen LogP contribution in [0.4, 0.5) is 0 Å². The van der Waals surface area contributed by atoms with E-state index in [-0.39, 0.29) is 17.9 Å². The van der Waals surface area contributed by atoms with Crippen LogP contribution in [0.1, 0.15) is 16.1 Å². The van der Waals surface area contributed by atoms with Gasteiger partial charge in [-0.05, 0) is 18.6 Å². The topological polar surface area (TPSA) is 53.8 Å². The van der Waals surface area contributed by atoms with Gasteiger partial charge in [-0.1, -0.05) is 18.2 Å². The number of furan rings is 1. The maximum absolute atomic E-state index is 13.0. The Morgan fingerprint density at radius 3 is 2.76 bits per heavy atom. The van der Waals surface area contributed by atoms with E-state index in [0.717, 1.165) is 41.1 Å². The van der Waals surface area contributed by atoms with E-state index >= 15 is 0 Å². The highest BCUT2D eigenvalue weighted by molar-refractivity contribution is 7.99. The molecule has 0 saturated carbocycles. The normalized spacial score (nSPS) is 21.1. The average Bonchev–Trinajstić information content (AvgIpc) is 3.29. The number of para-hydroxylation sites is 1. The second-order valence-corrected chi connectivity index (χ2v) is 8.56. The summed E-state index contributed by atoms with van der Waals surface area (Å²) in [7, 11) is 0. The molecule has 0 bridgehead atoms. The van der Waals surface area contributed by atoms with Crippen molar-refractivity contribution in [2.75, 3.05) is 36.2 Å². The molecule has 25 heavy (non-hydrogen) atoms. The summed E-state index contributed by atoms with van der Waals surface area (Å²) in [5.74, 6) is 3.35. The summed E-state index contributed by atoms with van der Waals surface area (Å²) >= 11 is 3.50. The predicted octanol–water partition coefficient (Wildman–Crippen LogP) is 2.83. The average molecular weight is 377 g/mol. The highest BCUT2D eigenvalue weighted by atomic mass is 32.2. The van der Waals surface area contributed by atoms with Gasteiger partial charge in [-0.2, -0.15) is 11.8 Å². The molecule has 0 spiro atoms. The molecule has 2 aliphatic heterocycles. The maximum Gasteiger partial charge on any atom is 0.291 e. The van der Waals surface area contributed by atoms with Crippen LogP contribution in [0.2, 0.25) is 0 Å². The summed E-state index contributed by atoms with van der Waals surface area (Å²) < 4.78 is 5.82. The number of hydrogen-bond acceptors (Lipinski definition) is 5. The van der Waals surface area contributed by atoms with E-state index in [9.17, 15) is 9.59 Å². The maximum atomic E-state index is 13.0. The van der Waals surface area contributed by atoms with Crippen molar-refractivity contribution in [1.29, 1.82) is 0 Å². The fraction of sp³-hybridized carbons (Fsp3) is 0.444. The van der Waals surface area contributed by atoms with Gasteiger partial charge in [0.05, 0.1) is 5.88 Å². The van der Waals surface area contributed by atoms with E-state index in [4.69, 9.17) is 4.42 Å². The minimum Gasteiger partial charge on any atom is -0.451 e. The molecule has 2 fully saturated rings. The first-order valence-electron chi connectivity index (χ1n) is 8.39. The number of hydrogen-bond donors (Lipinski definition) is 0. The van der Waals surface area contributed by atoms with Gasteiger partial charge in [0.2, 0.25) is 5.91 Å². The monoisotopic (exact) mass is 376 g/mol. The van der Waals surface area contributed by atoms with Gasteiger partial charge in [-0.25, -0.2) is 0 Å². The lowest BCUT2D eigenvalue weighted by Crippen LogP contribution is -2.51. The Kier molecular flexibility index (Phi) is 4.69. The third-order valence-corrected chi connectivity index (χ3v) is 6.66. The van der Waals surface area contributed by atoms with Crippen molar-refractivity contribution in [2.24, 2.45) is 0 Å². The second-order valence-electron chi connectivity index (χ2n) is 6.33. The number of amides is 2. The van der Waals surface area contributed by atoms with E-state index in [1.807, 2.05) is 41.8 Å². The van der Waals surface area contributed by atoms with Crippen molar-refractivity contribution < 1.29 is 14.0 Å². The third kappa shape index (κ3) is 3.15. The number of rotatable bonds is 2. The molecule has 0 N–H and O–H groups in total. The summed E-state index contributed by atoms with van der Waals surface area (Å²) in [6.45, 7) is 3.51. The molecule has 3 heterocycles. The number of thioether (sulfide) groups is 2. The molecule has 7 heteroatoms. The zero-order valence-corrected chi connectivity index (χ0v) is 15.7. The van der Waals surface area contributed by atoms with E-state index in [1.165, 1.54) is 0 Å². The minimum atomic E-state index is -0.380. The van der Waals surface area contributed by atoms with Crippen molar-refractivity contribution in [3.8, 4) is 0 Å². The molecule has 1 aromatic carbocycles. The van der Waals surface area contributed by atoms with Crippen molar-refractivity contribution in [3.05, 3.63) is 35.6 Å². The highest BCUT2D eigenvalue weighted by Crippen LogP contribution is 2.28. The van der Waals surface area contributed by atoms with Crippen molar-refractivity contribution in [2.45, 2.75) is 13.0 Å². The lowest BCUT2D eigenvalue weighted by Gasteiger charge is -2.31. The van der Waals surface area contributed by atoms with Crippen LogP contribution in [0, 0.1) is 6.92 Å². The third-order valence-electron chi connectivity index (χ3n) is 4.70. The van der Waals surface area contributed by atoms with Gasteiger partial charge in [-0.15, -0.1) is 11.8 Å². The van der Waals surface area contributed by atoms with E-state index < -0.39 is 0 Å². The molecule has 2 amide bonds. The Morgan fingerprint density at radius 1 is 1.20 bits per heavy atom. The van der Waals surface area contributed by atoms with Crippen LogP contribution in [-0.4, -0.2) is 63.9 Å². The Morgan fingerprint density at radius 2 is 2.00 bits per heavy atom. The van der Waals surface area contributed by atoms with E-state index in [2.05, 4.69) is 0 Å². The Balaban J connectivity index is 1.57. The molecule has 2 aliphatic rings. The van der Waals surface area contributed by atoms with Crippen LogP contribution in [0.3, 0.4) is 0 Å². The lowest BCUT2D eigenvalue weighted by atomic mass is 10.2. The molecule has 1 atom stereocenters. The van der Waals surface area contributed by atoms with Gasteiger partial charge in [0.15, 0.2) is 5.76 Å². The zero-order chi connectivity index (χ0) is 17.4. The summed E-state index contributed by atoms with van der Waals surface area (Å²) in [4.78, 5) is 29.4. The molecule has 2 saturated heterocycles. The molecule has 5 nitrogen and oxygen atoms in total. The van der Waals surface area contributed by atoms with Crippen molar-refractivity contribution in [3.63, 3.8) is 0 Å². The summed E-state index contributed by atoms with van der Waals surface area (Å²) in [5.41, 5.74) is 1.75. The van der Waals surface area contributed by atoms with Crippen LogP contribution in [0.15, 0.2) is 28.7 Å². The summed E-state index contributed by atoms with van der Waals surface area (Å²) in [6.07, 6.45) is 0. The number of nitrogens with zero attached hydrogens (tertiary/aromatic N) is 2. The van der Waals surface area contributed by atoms with Gasteiger partial charge in [-0.3, -0.25) is 9.59 Å². The van der Waals surface area contributed by atoms with Crippen LogP contribution >= 0.6 is 23.5 Å². The summed E-state index contributed by atoms with van der Waals surface area (Å²) in [5, 5.41) is 0.922. The minimum absolute atomic E-state index is 0.0749. The first-order valence-corrected chi connectivity index (χ1v) is 10.7. The van der Waals surface area contributed by atoms with Crippen LogP contribution in [-0.2, 0) is 4.79 Å². The SMILES string of the molecule is Cc1cccc2cc(C(=O)N3CSCC3C(=O)N3CCSCC3)oc12. The first kappa shape index (κ1) is 16.8. The van der Waals surface area contributed by atoms with Gasteiger partial charge < -0.3 is 14.2 Å². The van der Waals surface area contributed by atoms with Crippen LogP contribution in [0.5, 0.6) is 0 Å². The number of benzene rings is 1. The second kappa shape index (κ2) is 6.96. The summed E-state index contributed by atoms with van der Waals surface area (Å²) in [6, 6.07) is 7.26. The molecular formula is C18H20N2O3S2. The highest BCUT2D eigenvalue weighted by Gasteiger charge is 2.38. The van der Waals surface area contributed by atoms with Gasteiger partial charge in [0.25, 0.3) is 5.91 Å². The largest absolute Gasteiger partial charge is 0.451 e. The molecule has 0 radical (unpaired) electrons. The fourth-order valence-electron chi connectivity index (χ4n) is 3.30. The molecule has 1 aromatic heterocycles. The van der Waals surface area contributed by atoms with Gasteiger partial charge in [0, 0.05) is 35.7 Å². The molecule has 1 unspecified atom stereocenters. The Bertz CT molecular complexity index is 814. The van der Waals surface area contributed by atoms with Crippen LogP contribution < -0.4 is 0 Å².